The van der Waals surface area contributed by atoms with Gasteiger partial charge >= 0.3 is 0 Å². The van der Waals surface area contributed by atoms with Gasteiger partial charge in [0.15, 0.2) is 0 Å². The Balaban J connectivity index is 1.48. The van der Waals surface area contributed by atoms with Crippen molar-refractivity contribution in [2.75, 3.05) is 43.4 Å². The highest BCUT2D eigenvalue weighted by Gasteiger charge is 2.26. The van der Waals surface area contributed by atoms with E-state index in [0.29, 0.717) is 39.2 Å². The summed E-state index contributed by atoms with van der Waals surface area (Å²) in [6.07, 6.45) is 1.46. The average Bonchev–Trinajstić information content (AvgIpc) is 2.70. The largest absolute Gasteiger partial charge is 0.494 e. The zero-order chi connectivity index (χ0) is 19.1. The third-order valence-electron chi connectivity index (χ3n) is 4.86. The lowest BCUT2D eigenvalue weighted by molar-refractivity contribution is 0.340. The molecule has 27 heavy (non-hydrogen) atoms. The van der Waals surface area contributed by atoms with Crippen molar-refractivity contribution in [2.24, 2.45) is 0 Å². The van der Waals surface area contributed by atoms with E-state index in [1.54, 1.807) is 4.31 Å². The lowest BCUT2D eigenvalue weighted by Gasteiger charge is -2.35. The molecule has 1 saturated heterocycles. The number of hydrogen-bond acceptors (Lipinski definition) is 4. The minimum Gasteiger partial charge on any atom is -0.494 e. The summed E-state index contributed by atoms with van der Waals surface area (Å²) in [4.78, 5) is 2.23. The van der Waals surface area contributed by atoms with E-state index in [-0.39, 0.29) is 5.75 Å². The second kappa shape index (κ2) is 9.24. The first-order chi connectivity index (χ1) is 13.1. The maximum absolute atomic E-state index is 12.6. The molecule has 1 heterocycles. The molecule has 146 valence electrons. The average molecular weight is 389 g/mol. The molecular formula is C21H28N2O3S. The van der Waals surface area contributed by atoms with Gasteiger partial charge in [-0.25, -0.2) is 8.42 Å². The fourth-order valence-electron chi connectivity index (χ4n) is 3.38. The minimum absolute atomic E-state index is 0.213. The van der Waals surface area contributed by atoms with Crippen LogP contribution in [0.25, 0.3) is 0 Å². The number of aryl methyl sites for hydroxylation is 1. The molecule has 3 rings (SSSR count). The smallest absolute Gasteiger partial charge is 0.214 e. The highest BCUT2D eigenvalue weighted by molar-refractivity contribution is 7.89. The van der Waals surface area contributed by atoms with E-state index >= 15 is 0 Å². The summed E-state index contributed by atoms with van der Waals surface area (Å²) < 4.78 is 32.4. The lowest BCUT2D eigenvalue weighted by Crippen LogP contribution is -2.49. The number of anilines is 1. The number of ether oxygens (including phenoxy) is 1. The van der Waals surface area contributed by atoms with Crippen molar-refractivity contribution in [1.29, 1.82) is 0 Å². The SMILES string of the molecule is CCOc1ccc(N2CCN(S(=O)(=O)CCCc3ccccc3)CC2)cc1. The summed E-state index contributed by atoms with van der Waals surface area (Å²) in [6, 6.07) is 18.0. The van der Waals surface area contributed by atoms with Crippen molar-refractivity contribution >= 4 is 15.7 Å². The first-order valence-corrected chi connectivity index (χ1v) is 11.2. The van der Waals surface area contributed by atoms with E-state index in [4.69, 9.17) is 4.74 Å². The van der Waals surface area contributed by atoms with Gasteiger partial charge in [0.1, 0.15) is 5.75 Å². The molecular weight excluding hydrogens is 360 g/mol. The van der Waals surface area contributed by atoms with Crippen molar-refractivity contribution < 1.29 is 13.2 Å². The number of sulfonamides is 1. The van der Waals surface area contributed by atoms with Crippen LogP contribution in [0.2, 0.25) is 0 Å². The Morgan fingerprint density at radius 1 is 0.926 bits per heavy atom. The summed E-state index contributed by atoms with van der Waals surface area (Å²) in [7, 11) is -3.19. The van der Waals surface area contributed by atoms with Gasteiger partial charge in [-0.3, -0.25) is 0 Å². The van der Waals surface area contributed by atoms with E-state index in [1.165, 1.54) is 5.56 Å². The number of rotatable bonds is 8. The molecule has 0 atom stereocenters. The van der Waals surface area contributed by atoms with Crippen molar-refractivity contribution in [3.8, 4) is 5.75 Å². The van der Waals surface area contributed by atoms with E-state index in [0.717, 1.165) is 17.9 Å². The monoisotopic (exact) mass is 388 g/mol. The van der Waals surface area contributed by atoms with E-state index in [1.807, 2.05) is 61.5 Å². The molecule has 0 N–H and O–H groups in total. The molecule has 0 amide bonds. The Hall–Kier alpha value is -2.05. The zero-order valence-corrected chi connectivity index (χ0v) is 16.7. The first-order valence-electron chi connectivity index (χ1n) is 9.58. The third kappa shape index (κ3) is 5.47. The molecule has 2 aromatic rings. The topological polar surface area (TPSA) is 49.9 Å². The van der Waals surface area contributed by atoms with Gasteiger partial charge in [0.25, 0.3) is 0 Å². The van der Waals surface area contributed by atoms with Crippen molar-refractivity contribution in [2.45, 2.75) is 19.8 Å². The molecule has 0 aliphatic carbocycles. The molecule has 0 radical (unpaired) electrons. The first kappa shape index (κ1) is 19.7. The molecule has 0 bridgehead atoms. The van der Waals surface area contributed by atoms with Crippen molar-refractivity contribution in [3.05, 3.63) is 60.2 Å². The second-order valence-corrected chi connectivity index (χ2v) is 8.81. The van der Waals surface area contributed by atoms with Gasteiger partial charge in [0.2, 0.25) is 10.0 Å². The molecule has 1 aliphatic rings. The summed E-state index contributed by atoms with van der Waals surface area (Å²) >= 11 is 0. The highest BCUT2D eigenvalue weighted by atomic mass is 32.2. The molecule has 0 spiro atoms. The predicted octanol–water partition coefficient (Wildman–Crippen LogP) is 3.17. The van der Waals surface area contributed by atoms with Crippen LogP contribution >= 0.6 is 0 Å². The zero-order valence-electron chi connectivity index (χ0n) is 15.9. The van der Waals surface area contributed by atoms with Gasteiger partial charge in [-0.2, -0.15) is 4.31 Å². The van der Waals surface area contributed by atoms with Gasteiger partial charge in [0, 0.05) is 31.9 Å². The van der Waals surface area contributed by atoms with E-state index < -0.39 is 10.0 Å². The summed E-state index contributed by atoms with van der Waals surface area (Å²) in [5.74, 6) is 1.08. The van der Waals surface area contributed by atoms with Crippen LogP contribution in [0, 0.1) is 0 Å². The number of hydrogen-bond donors (Lipinski definition) is 0. The van der Waals surface area contributed by atoms with Crippen LogP contribution in [0.3, 0.4) is 0 Å². The fourth-order valence-corrected chi connectivity index (χ4v) is 4.86. The Bertz CT molecular complexity index is 799. The second-order valence-electron chi connectivity index (χ2n) is 6.72. The minimum atomic E-state index is -3.19. The van der Waals surface area contributed by atoms with Crippen LogP contribution in [0.4, 0.5) is 5.69 Å². The summed E-state index contributed by atoms with van der Waals surface area (Å²) in [6.45, 7) is 5.13. The van der Waals surface area contributed by atoms with Crippen LogP contribution in [-0.4, -0.2) is 51.3 Å². The van der Waals surface area contributed by atoms with Crippen LogP contribution in [0.5, 0.6) is 5.75 Å². The molecule has 0 unspecified atom stereocenters. The van der Waals surface area contributed by atoms with Crippen molar-refractivity contribution in [1.82, 2.24) is 4.31 Å². The maximum Gasteiger partial charge on any atom is 0.214 e. The Morgan fingerprint density at radius 2 is 1.59 bits per heavy atom. The number of nitrogens with zero attached hydrogens (tertiary/aromatic N) is 2. The quantitative estimate of drug-likeness (QED) is 0.697. The van der Waals surface area contributed by atoms with Gasteiger partial charge in [-0.15, -0.1) is 0 Å². The highest BCUT2D eigenvalue weighted by Crippen LogP contribution is 2.21. The molecule has 0 saturated carbocycles. The molecule has 0 aromatic heterocycles. The molecule has 2 aromatic carbocycles. The van der Waals surface area contributed by atoms with Gasteiger partial charge in [-0.1, -0.05) is 30.3 Å². The number of piperazine rings is 1. The third-order valence-corrected chi connectivity index (χ3v) is 6.81. The Morgan fingerprint density at radius 3 is 2.22 bits per heavy atom. The molecule has 5 nitrogen and oxygen atoms in total. The molecule has 6 heteroatoms. The van der Waals surface area contributed by atoms with Crippen LogP contribution in [-0.2, 0) is 16.4 Å². The summed E-state index contributed by atoms with van der Waals surface area (Å²) in [5.41, 5.74) is 2.30. The normalized spacial score (nSPS) is 15.7. The molecule has 1 fully saturated rings. The van der Waals surface area contributed by atoms with Crippen molar-refractivity contribution in [3.63, 3.8) is 0 Å². The van der Waals surface area contributed by atoms with E-state index in [9.17, 15) is 8.42 Å². The van der Waals surface area contributed by atoms with Crippen LogP contribution in [0.1, 0.15) is 18.9 Å². The van der Waals surface area contributed by atoms with Crippen LogP contribution in [0.15, 0.2) is 54.6 Å². The standard InChI is InChI=1S/C21H28N2O3S/c1-2-26-21-12-10-20(11-13-21)22-14-16-23(17-15-22)27(24,25)18-6-9-19-7-4-3-5-8-19/h3-5,7-8,10-13H,2,6,9,14-18H2,1H3. The van der Waals surface area contributed by atoms with Gasteiger partial charge in [-0.05, 0) is 49.6 Å². The fraction of sp³-hybridized carbons (Fsp3) is 0.429. The van der Waals surface area contributed by atoms with Crippen LogP contribution < -0.4 is 9.64 Å². The summed E-state index contributed by atoms with van der Waals surface area (Å²) in [5, 5.41) is 0. The predicted molar refractivity (Wildman–Crippen MR) is 110 cm³/mol. The number of benzene rings is 2. The maximum atomic E-state index is 12.6. The van der Waals surface area contributed by atoms with E-state index in [2.05, 4.69) is 4.90 Å². The van der Waals surface area contributed by atoms with Gasteiger partial charge < -0.3 is 9.64 Å². The Kier molecular flexibility index (Phi) is 6.74. The van der Waals surface area contributed by atoms with Gasteiger partial charge in [0.05, 0.1) is 12.4 Å². The molecule has 1 aliphatic heterocycles. The lowest BCUT2D eigenvalue weighted by atomic mass is 10.1. The Labute approximate surface area is 162 Å².